The van der Waals surface area contributed by atoms with E-state index in [1.54, 1.807) is 0 Å². The van der Waals surface area contributed by atoms with Crippen molar-refractivity contribution >= 4 is 23.0 Å². The Hall–Kier alpha value is -3.07. The molecule has 0 atom stereocenters. The number of anilines is 1. The predicted molar refractivity (Wildman–Crippen MR) is 164 cm³/mol. The smallest absolute Gasteiger partial charge is 0.299 e. The van der Waals surface area contributed by atoms with Gasteiger partial charge in [-0.25, -0.2) is 0 Å². The summed E-state index contributed by atoms with van der Waals surface area (Å²) in [5.74, 6) is -0.0746. The summed E-state index contributed by atoms with van der Waals surface area (Å²) in [5, 5.41) is 27.4. The van der Waals surface area contributed by atoms with Gasteiger partial charge in [-0.3, -0.25) is 25.0 Å². The summed E-state index contributed by atoms with van der Waals surface area (Å²) in [4.78, 5) is 31.3. The Labute approximate surface area is 268 Å². The number of rotatable bonds is 33. The largest absolute Gasteiger partial charge is 0.377 e. The average molecular weight is 665 g/mol. The summed E-state index contributed by atoms with van der Waals surface area (Å²) < 4.78 is 48.7. The molecule has 0 aliphatic carbocycles. The average Bonchev–Trinajstić information content (AvgIpc) is 3.03. The van der Waals surface area contributed by atoms with Crippen molar-refractivity contribution in [3.63, 3.8) is 0 Å². The second kappa shape index (κ2) is 29.3. The Morgan fingerprint density at radius 1 is 0.565 bits per heavy atom. The maximum absolute atomic E-state index is 11.1. The van der Waals surface area contributed by atoms with Crippen LogP contribution < -0.4 is 10.6 Å². The highest BCUT2D eigenvalue weighted by atomic mass is 16.6. The van der Waals surface area contributed by atoms with E-state index in [0.717, 1.165) is 6.07 Å². The summed E-state index contributed by atoms with van der Waals surface area (Å²) >= 11 is 0. The van der Waals surface area contributed by atoms with Crippen molar-refractivity contribution in [2.75, 3.05) is 137 Å². The molecular weight excluding hydrogens is 616 g/mol. The molecule has 1 aromatic carbocycles. The molecule has 1 aromatic rings. The van der Waals surface area contributed by atoms with Crippen LogP contribution in [0.4, 0.5) is 17.1 Å². The summed E-state index contributed by atoms with van der Waals surface area (Å²) in [5.41, 5.74) is -0.532. The topological polar surface area (TPSA) is 210 Å². The van der Waals surface area contributed by atoms with Gasteiger partial charge in [0.1, 0.15) is 5.69 Å². The lowest BCUT2D eigenvalue weighted by Gasteiger charge is -2.09. The number of carbonyl (C=O) groups is 1. The molecule has 1 amide bonds. The van der Waals surface area contributed by atoms with Gasteiger partial charge < -0.3 is 53.3 Å². The summed E-state index contributed by atoms with van der Waals surface area (Å²) in [6.45, 7) is 10.0. The first-order valence-electron chi connectivity index (χ1n) is 15.0. The number of carbonyl (C=O) groups excluding carboxylic acids is 1. The van der Waals surface area contributed by atoms with Gasteiger partial charge in [-0.1, -0.05) is 0 Å². The highest BCUT2D eigenvalue weighted by Crippen LogP contribution is 2.28. The normalized spacial score (nSPS) is 11.1. The molecule has 264 valence electrons. The first-order chi connectivity index (χ1) is 22.4. The Morgan fingerprint density at radius 2 is 0.913 bits per heavy atom. The van der Waals surface area contributed by atoms with Crippen LogP contribution in [0.15, 0.2) is 18.2 Å². The Bertz CT molecular complexity index is 943. The van der Waals surface area contributed by atoms with E-state index in [9.17, 15) is 25.0 Å². The molecule has 0 unspecified atom stereocenters. The highest BCUT2D eigenvalue weighted by molar-refractivity contribution is 5.72. The molecular formula is C28H48N4O14. The lowest BCUT2D eigenvalue weighted by molar-refractivity contribution is -0.393. The maximum Gasteiger partial charge on any atom is 0.299 e. The van der Waals surface area contributed by atoms with Gasteiger partial charge in [-0.05, 0) is 6.07 Å². The second-order valence-corrected chi connectivity index (χ2v) is 9.14. The third kappa shape index (κ3) is 24.2. The van der Waals surface area contributed by atoms with Crippen molar-refractivity contribution in [1.29, 1.82) is 0 Å². The van der Waals surface area contributed by atoms with Crippen LogP contribution in [0.5, 0.6) is 0 Å². The minimum Gasteiger partial charge on any atom is -0.377 e. The number of non-ortho nitro benzene ring substituents is 1. The number of hydrogen-bond acceptors (Lipinski definition) is 15. The zero-order chi connectivity index (χ0) is 33.5. The van der Waals surface area contributed by atoms with E-state index in [-0.39, 0.29) is 36.1 Å². The van der Waals surface area contributed by atoms with Gasteiger partial charge >= 0.3 is 0 Å². The summed E-state index contributed by atoms with van der Waals surface area (Å²) in [6, 6.07) is 3.42. The second-order valence-electron chi connectivity index (χ2n) is 9.14. The van der Waals surface area contributed by atoms with Gasteiger partial charge in [0, 0.05) is 26.1 Å². The number of nitro benzene ring substituents is 2. The molecule has 0 aromatic heterocycles. The molecule has 0 heterocycles. The van der Waals surface area contributed by atoms with E-state index in [0.29, 0.717) is 119 Å². The van der Waals surface area contributed by atoms with Crippen LogP contribution in [-0.4, -0.2) is 148 Å². The Morgan fingerprint density at radius 3 is 1.24 bits per heavy atom. The first-order valence-corrected chi connectivity index (χ1v) is 15.0. The van der Waals surface area contributed by atoms with Crippen molar-refractivity contribution < 1.29 is 57.3 Å². The minimum atomic E-state index is -0.684. The van der Waals surface area contributed by atoms with Gasteiger partial charge in [0.25, 0.3) is 11.4 Å². The molecule has 0 saturated heterocycles. The van der Waals surface area contributed by atoms with E-state index < -0.39 is 9.85 Å². The van der Waals surface area contributed by atoms with Crippen LogP contribution in [-0.2, 0) is 47.4 Å². The minimum absolute atomic E-state index is 0.0746. The van der Waals surface area contributed by atoms with Crippen LogP contribution in [0.1, 0.15) is 6.92 Å². The quantitative estimate of drug-likeness (QED) is 0.0614. The molecule has 46 heavy (non-hydrogen) atoms. The van der Waals surface area contributed by atoms with E-state index in [4.69, 9.17) is 42.6 Å². The fourth-order valence-corrected chi connectivity index (χ4v) is 3.35. The summed E-state index contributed by atoms with van der Waals surface area (Å²) in [6.07, 6.45) is 0. The van der Waals surface area contributed by atoms with Gasteiger partial charge in [0.05, 0.1) is 135 Å². The highest BCUT2D eigenvalue weighted by Gasteiger charge is 2.19. The molecule has 0 fully saturated rings. The molecule has 0 saturated carbocycles. The monoisotopic (exact) mass is 664 g/mol. The van der Waals surface area contributed by atoms with E-state index >= 15 is 0 Å². The fraction of sp³-hybridized carbons (Fsp3) is 0.750. The van der Waals surface area contributed by atoms with Gasteiger partial charge in [0.15, 0.2) is 0 Å². The number of amides is 1. The molecule has 0 aliphatic rings. The Balaban J connectivity index is 1.75. The molecule has 0 spiro atoms. The SMILES string of the molecule is CC(=O)NCCOCCOCCOCCOCCOCCOCCOCCOCCOCCNc1ccc([N+](=O)[O-])cc1[N+](=O)[O-]. The van der Waals surface area contributed by atoms with Crippen LogP contribution in [0.25, 0.3) is 0 Å². The molecule has 18 heteroatoms. The number of hydrogen-bond donors (Lipinski definition) is 2. The van der Waals surface area contributed by atoms with Gasteiger partial charge in [-0.15, -0.1) is 0 Å². The van der Waals surface area contributed by atoms with Crippen molar-refractivity contribution in [1.82, 2.24) is 5.32 Å². The van der Waals surface area contributed by atoms with Crippen molar-refractivity contribution in [2.24, 2.45) is 0 Å². The standard InChI is InChI=1S/C28H48N4O14/c1-25(33)29-4-6-38-8-10-40-12-14-42-16-18-44-20-22-46-23-21-45-19-17-43-15-13-41-11-9-39-7-5-30-27-3-2-26(31(34)35)24-28(27)32(36)37/h2-3,24,30H,4-23H2,1H3,(H,29,33). The summed E-state index contributed by atoms with van der Waals surface area (Å²) in [7, 11) is 0. The van der Waals surface area contributed by atoms with Crippen LogP contribution >= 0.6 is 0 Å². The molecule has 1 rings (SSSR count). The zero-order valence-electron chi connectivity index (χ0n) is 26.5. The maximum atomic E-state index is 11.1. The van der Waals surface area contributed by atoms with E-state index in [1.807, 2.05) is 0 Å². The van der Waals surface area contributed by atoms with Crippen LogP contribution in [0.3, 0.4) is 0 Å². The third-order valence-electron chi connectivity index (χ3n) is 5.55. The number of nitrogens with one attached hydrogen (secondary N) is 2. The van der Waals surface area contributed by atoms with Gasteiger partial charge in [0.2, 0.25) is 5.91 Å². The Kier molecular flexibility index (Phi) is 26.1. The lowest BCUT2D eigenvalue weighted by atomic mass is 10.2. The molecule has 0 radical (unpaired) electrons. The van der Waals surface area contributed by atoms with Gasteiger partial charge in [-0.2, -0.15) is 0 Å². The van der Waals surface area contributed by atoms with Crippen molar-refractivity contribution in [3.05, 3.63) is 38.4 Å². The number of ether oxygens (including phenoxy) is 9. The van der Waals surface area contributed by atoms with Crippen molar-refractivity contribution in [3.8, 4) is 0 Å². The molecule has 0 bridgehead atoms. The van der Waals surface area contributed by atoms with Crippen LogP contribution in [0.2, 0.25) is 0 Å². The van der Waals surface area contributed by atoms with Crippen LogP contribution in [0, 0.1) is 20.2 Å². The molecule has 0 aliphatic heterocycles. The molecule has 2 N–H and O–H groups in total. The first kappa shape index (κ1) is 41.0. The number of benzene rings is 1. The molecule has 18 nitrogen and oxygen atoms in total. The zero-order valence-corrected chi connectivity index (χ0v) is 26.5. The number of nitrogens with zero attached hydrogens (tertiary/aromatic N) is 2. The predicted octanol–water partition coefficient (Wildman–Crippen LogP) is 1.20. The lowest BCUT2D eigenvalue weighted by Crippen LogP contribution is -2.25. The fourth-order valence-electron chi connectivity index (χ4n) is 3.35. The van der Waals surface area contributed by atoms with Crippen molar-refractivity contribution in [2.45, 2.75) is 6.92 Å². The third-order valence-corrected chi connectivity index (χ3v) is 5.55. The van der Waals surface area contributed by atoms with E-state index in [2.05, 4.69) is 10.6 Å². The number of nitro groups is 2. The van der Waals surface area contributed by atoms with E-state index in [1.165, 1.54) is 19.1 Å².